The quantitative estimate of drug-likeness (QED) is 0.608. The summed E-state index contributed by atoms with van der Waals surface area (Å²) in [6, 6.07) is 16.4. The number of piperazine rings is 1. The molecule has 0 amide bonds. The van der Waals surface area contributed by atoms with Crippen molar-refractivity contribution < 1.29 is 8.42 Å². The molecule has 2 heterocycles. The van der Waals surface area contributed by atoms with E-state index in [2.05, 4.69) is 36.8 Å². The topological polar surface area (TPSA) is 69.3 Å². The molecule has 1 aliphatic rings. The number of hydrogen-bond acceptors (Lipinski definition) is 5. The molecule has 7 heteroatoms. The van der Waals surface area contributed by atoms with Crippen LogP contribution in [0.15, 0.2) is 59.6 Å². The Bertz CT molecular complexity index is 1210. The van der Waals surface area contributed by atoms with Gasteiger partial charge in [-0.3, -0.25) is 4.90 Å². The molecule has 1 aromatic heterocycles. The Morgan fingerprint density at radius 2 is 1.61 bits per heavy atom. The van der Waals surface area contributed by atoms with Crippen molar-refractivity contribution in [1.82, 2.24) is 13.8 Å². The standard InChI is InChI=1S/C24H28N4O2S/c1-18(2)19-8-10-20(11-9-19)31(29,30)28-17-22(21-6-4-5-7-23(21)28)24(16-25)27-14-12-26(3)13-15-27/h4-11,17-18,24H,12-15H2,1-3H3/t24-/m0/s1. The van der Waals surface area contributed by atoms with Gasteiger partial charge in [0.25, 0.3) is 10.0 Å². The molecule has 1 saturated heterocycles. The lowest BCUT2D eigenvalue weighted by atomic mass is 10.0. The van der Waals surface area contributed by atoms with E-state index in [4.69, 9.17) is 0 Å². The minimum atomic E-state index is -3.79. The number of aromatic nitrogens is 1. The molecule has 0 spiro atoms. The normalized spacial score (nSPS) is 17.1. The average molecular weight is 437 g/mol. The highest BCUT2D eigenvalue weighted by Gasteiger charge is 2.29. The number of nitrogens with zero attached hydrogens (tertiary/aromatic N) is 4. The zero-order valence-corrected chi connectivity index (χ0v) is 19.0. The van der Waals surface area contributed by atoms with E-state index >= 15 is 0 Å². The molecule has 0 saturated carbocycles. The van der Waals surface area contributed by atoms with Gasteiger partial charge in [0, 0.05) is 43.3 Å². The zero-order valence-electron chi connectivity index (χ0n) is 18.2. The van der Waals surface area contributed by atoms with Gasteiger partial charge in [0.1, 0.15) is 6.04 Å². The van der Waals surface area contributed by atoms with Gasteiger partial charge in [0.05, 0.1) is 16.5 Å². The Morgan fingerprint density at radius 1 is 0.968 bits per heavy atom. The summed E-state index contributed by atoms with van der Waals surface area (Å²) in [7, 11) is -1.72. The monoisotopic (exact) mass is 436 g/mol. The van der Waals surface area contributed by atoms with Crippen molar-refractivity contribution in [3.8, 4) is 6.07 Å². The number of likely N-dealkylation sites (N-methyl/N-ethyl adjacent to an activating group) is 1. The first-order chi connectivity index (χ1) is 14.8. The molecular weight excluding hydrogens is 408 g/mol. The van der Waals surface area contributed by atoms with Crippen LogP contribution in [-0.2, 0) is 10.0 Å². The van der Waals surface area contributed by atoms with Gasteiger partial charge in [-0.1, -0.05) is 44.2 Å². The summed E-state index contributed by atoms with van der Waals surface area (Å²) >= 11 is 0. The summed E-state index contributed by atoms with van der Waals surface area (Å²) in [5.41, 5.74) is 2.43. The first kappa shape index (κ1) is 21.6. The lowest BCUT2D eigenvalue weighted by Crippen LogP contribution is -2.45. The van der Waals surface area contributed by atoms with E-state index in [0.717, 1.165) is 42.7 Å². The molecule has 3 aromatic rings. The van der Waals surface area contributed by atoms with Gasteiger partial charge in [-0.15, -0.1) is 0 Å². The van der Waals surface area contributed by atoms with Gasteiger partial charge >= 0.3 is 0 Å². The molecule has 2 aromatic carbocycles. The van der Waals surface area contributed by atoms with Gasteiger partial charge in [-0.25, -0.2) is 12.4 Å². The van der Waals surface area contributed by atoms with E-state index < -0.39 is 16.1 Å². The maximum atomic E-state index is 13.5. The molecule has 0 bridgehead atoms. The summed E-state index contributed by atoms with van der Waals surface area (Å²) in [6.07, 6.45) is 1.64. The van der Waals surface area contributed by atoms with Gasteiger partial charge in [0.2, 0.25) is 0 Å². The van der Waals surface area contributed by atoms with Crippen LogP contribution in [0, 0.1) is 11.3 Å². The number of hydrogen-bond donors (Lipinski definition) is 0. The molecule has 31 heavy (non-hydrogen) atoms. The van der Waals surface area contributed by atoms with Crippen LogP contribution in [0.1, 0.15) is 36.9 Å². The molecule has 162 valence electrons. The van der Waals surface area contributed by atoms with Crippen LogP contribution in [-0.4, -0.2) is 55.4 Å². The number of para-hydroxylation sites is 1. The third kappa shape index (κ3) is 3.99. The summed E-state index contributed by atoms with van der Waals surface area (Å²) in [4.78, 5) is 4.62. The number of fused-ring (bicyclic) bond motifs is 1. The van der Waals surface area contributed by atoms with Gasteiger partial charge in [-0.2, -0.15) is 5.26 Å². The highest BCUT2D eigenvalue weighted by atomic mass is 32.2. The summed E-state index contributed by atoms with van der Waals surface area (Å²) in [5, 5.41) is 10.8. The van der Waals surface area contributed by atoms with Crippen LogP contribution >= 0.6 is 0 Å². The van der Waals surface area contributed by atoms with E-state index in [1.807, 2.05) is 30.3 Å². The predicted molar refractivity (Wildman–Crippen MR) is 122 cm³/mol. The maximum absolute atomic E-state index is 13.5. The third-order valence-corrected chi connectivity index (χ3v) is 7.82. The fourth-order valence-corrected chi connectivity index (χ4v) is 5.54. The van der Waals surface area contributed by atoms with Crippen LogP contribution in [0.4, 0.5) is 0 Å². The van der Waals surface area contributed by atoms with Gasteiger partial charge < -0.3 is 4.90 Å². The number of rotatable bonds is 5. The molecular formula is C24H28N4O2S. The number of nitriles is 1. The maximum Gasteiger partial charge on any atom is 0.268 e. The van der Waals surface area contributed by atoms with Crippen LogP contribution in [0.5, 0.6) is 0 Å². The second kappa shape index (κ2) is 8.46. The van der Waals surface area contributed by atoms with Crippen molar-refractivity contribution in [3.05, 3.63) is 65.9 Å². The Balaban J connectivity index is 1.80. The molecule has 0 aliphatic carbocycles. The first-order valence-electron chi connectivity index (χ1n) is 10.6. The van der Waals surface area contributed by atoms with Gasteiger partial charge in [0.15, 0.2) is 0 Å². The second-order valence-corrected chi connectivity index (χ2v) is 10.3. The van der Waals surface area contributed by atoms with Crippen molar-refractivity contribution in [2.24, 2.45) is 0 Å². The van der Waals surface area contributed by atoms with Crippen molar-refractivity contribution in [2.75, 3.05) is 33.2 Å². The fourth-order valence-electron chi connectivity index (χ4n) is 4.16. The molecule has 0 radical (unpaired) electrons. The van der Waals surface area contributed by atoms with Crippen molar-refractivity contribution in [3.63, 3.8) is 0 Å². The minimum Gasteiger partial charge on any atom is -0.304 e. The first-order valence-corrected chi connectivity index (χ1v) is 12.0. The van der Waals surface area contributed by atoms with E-state index in [-0.39, 0.29) is 4.90 Å². The Kier molecular flexibility index (Phi) is 5.89. The van der Waals surface area contributed by atoms with Crippen molar-refractivity contribution >= 4 is 20.9 Å². The summed E-state index contributed by atoms with van der Waals surface area (Å²) in [6.45, 7) is 7.48. The molecule has 0 N–H and O–H groups in total. The number of benzene rings is 2. The Morgan fingerprint density at radius 3 is 2.23 bits per heavy atom. The van der Waals surface area contributed by atoms with E-state index in [0.29, 0.717) is 11.4 Å². The molecule has 0 unspecified atom stereocenters. The van der Waals surface area contributed by atoms with Crippen LogP contribution < -0.4 is 0 Å². The average Bonchev–Trinajstić information content (AvgIpc) is 3.16. The molecule has 1 fully saturated rings. The fraction of sp³-hybridized carbons (Fsp3) is 0.375. The second-order valence-electron chi connectivity index (χ2n) is 8.50. The third-order valence-electron chi connectivity index (χ3n) is 6.13. The van der Waals surface area contributed by atoms with Crippen LogP contribution in [0.3, 0.4) is 0 Å². The smallest absolute Gasteiger partial charge is 0.268 e. The Hall–Kier alpha value is -2.66. The van der Waals surface area contributed by atoms with E-state index in [1.54, 1.807) is 24.4 Å². The largest absolute Gasteiger partial charge is 0.304 e. The van der Waals surface area contributed by atoms with Gasteiger partial charge in [-0.05, 0) is 36.7 Å². The summed E-state index contributed by atoms with van der Waals surface area (Å²) < 4.78 is 28.4. The zero-order chi connectivity index (χ0) is 22.2. The molecule has 1 aliphatic heterocycles. The lowest BCUT2D eigenvalue weighted by Gasteiger charge is -2.35. The molecule has 6 nitrogen and oxygen atoms in total. The minimum absolute atomic E-state index is 0.248. The molecule has 4 rings (SSSR count). The van der Waals surface area contributed by atoms with Crippen molar-refractivity contribution in [2.45, 2.75) is 30.7 Å². The lowest BCUT2D eigenvalue weighted by molar-refractivity contribution is 0.133. The molecule has 1 atom stereocenters. The van der Waals surface area contributed by atoms with E-state index in [9.17, 15) is 13.7 Å². The highest BCUT2D eigenvalue weighted by Crippen LogP contribution is 2.33. The Labute approximate surface area is 184 Å². The van der Waals surface area contributed by atoms with Crippen molar-refractivity contribution in [1.29, 1.82) is 5.26 Å². The SMILES string of the molecule is CC(C)c1ccc(S(=O)(=O)n2cc([C@H](C#N)N3CCN(C)CC3)c3ccccc32)cc1. The van der Waals surface area contributed by atoms with Crippen LogP contribution in [0.2, 0.25) is 0 Å². The highest BCUT2D eigenvalue weighted by molar-refractivity contribution is 7.90. The van der Waals surface area contributed by atoms with Crippen LogP contribution in [0.25, 0.3) is 10.9 Å². The predicted octanol–water partition coefficient (Wildman–Crippen LogP) is 3.81. The summed E-state index contributed by atoms with van der Waals surface area (Å²) in [5.74, 6) is 0.329. The van der Waals surface area contributed by atoms with E-state index in [1.165, 1.54) is 3.97 Å².